The number of rotatable bonds is 1. The molecule has 105 valence electrons. The first-order chi connectivity index (χ1) is 9.95. The third-order valence-corrected chi connectivity index (χ3v) is 3.03. The van der Waals surface area contributed by atoms with E-state index < -0.39 is 11.7 Å². The van der Waals surface area contributed by atoms with Crippen LogP contribution in [0.25, 0.3) is 22.2 Å². The fourth-order valence-corrected chi connectivity index (χ4v) is 2.06. The largest absolute Gasteiger partial charge is 0.416 e. The fourth-order valence-electron chi connectivity index (χ4n) is 2.06. The normalized spacial score (nSPS) is 11.8. The van der Waals surface area contributed by atoms with Gasteiger partial charge in [0.25, 0.3) is 0 Å². The molecule has 1 aromatic heterocycles. The van der Waals surface area contributed by atoms with Crippen LogP contribution in [0.5, 0.6) is 0 Å². The number of nitrogen functional groups attached to an aromatic ring is 1. The fraction of sp³-hybridized carbons (Fsp3) is 0.0667. The lowest BCUT2D eigenvalue weighted by atomic mass is 10.0. The van der Waals surface area contributed by atoms with E-state index in [9.17, 15) is 13.2 Å². The molecule has 1 radical (unpaired) electrons. The first kappa shape index (κ1) is 13.4. The van der Waals surface area contributed by atoms with Crippen molar-refractivity contribution in [1.82, 2.24) is 9.97 Å². The molecule has 21 heavy (non-hydrogen) atoms. The average Bonchev–Trinajstić information content (AvgIpc) is 2.45. The summed E-state index contributed by atoms with van der Waals surface area (Å²) in [7, 11) is 0. The molecule has 0 aliphatic carbocycles. The number of halogens is 3. The van der Waals surface area contributed by atoms with Crippen molar-refractivity contribution in [2.24, 2.45) is 0 Å². The minimum absolute atomic E-state index is 0.0554. The third kappa shape index (κ3) is 2.52. The molecule has 0 spiro atoms. The number of hydrogen-bond donors (Lipinski definition) is 1. The molecule has 0 aliphatic heterocycles. The number of fused-ring (bicyclic) bond motifs is 1. The van der Waals surface area contributed by atoms with E-state index >= 15 is 0 Å². The lowest BCUT2D eigenvalue weighted by Gasteiger charge is -2.09. The summed E-state index contributed by atoms with van der Waals surface area (Å²) >= 11 is 0. The van der Waals surface area contributed by atoms with Gasteiger partial charge in [0.05, 0.1) is 16.8 Å². The van der Waals surface area contributed by atoms with Gasteiger partial charge in [0.2, 0.25) is 5.95 Å². The molecule has 0 fully saturated rings. The second-order valence-corrected chi connectivity index (χ2v) is 4.44. The highest BCUT2D eigenvalue weighted by atomic mass is 19.4. The summed E-state index contributed by atoms with van der Waals surface area (Å²) in [4.78, 5) is 8.18. The summed E-state index contributed by atoms with van der Waals surface area (Å²) in [5, 5.41) is 0.687. The highest BCUT2D eigenvalue weighted by Crippen LogP contribution is 2.32. The minimum atomic E-state index is -4.36. The number of hydrogen-bond acceptors (Lipinski definition) is 3. The number of para-hydroxylation sites is 1. The van der Waals surface area contributed by atoms with E-state index in [-0.39, 0.29) is 5.95 Å². The van der Waals surface area contributed by atoms with Crippen LogP contribution in [0.15, 0.2) is 42.5 Å². The second-order valence-electron chi connectivity index (χ2n) is 4.44. The van der Waals surface area contributed by atoms with E-state index in [1.165, 1.54) is 12.1 Å². The van der Waals surface area contributed by atoms with Crippen LogP contribution in [0.2, 0.25) is 0 Å². The van der Waals surface area contributed by atoms with Crippen LogP contribution >= 0.6 is 0 Å². The molecule has 0 bridgehead atoms. The average molecular weight is 288 g/mol. The SMILES string of the molecule is Nc1nc(-c2ccc(C(F)(F)F)cc2)c2ccc[c]c2n1. The molecule has 3 aromatic rings. The molecule has 3 rings (SSSR count). The Balaban J connectivity index is 2.16. The number of nitrogens with zero attached hydrogens (tertiary/aromatic N) is 2. The maximum absolute atomic E-state index is 12.6. The lowest BCUT2D eigenvalue weighted by molar-refractivity contribution is -0.137. The number of alkyl halides is 3. The van der Waals surface area contributed by atoms with E-state index in [1.54, 1.807) is 18.2 Å². The molecule has 1 heterocycles. The van der Waals surface area contributed by atoms with Crippen LogP contribution in [0, 0.1) is 6.07 Å². The van der Waals surface area contributed by atoms with Crippen molar-refractivity contribution in [1.29, 1.82) is 0 Å². The summed E-state index contributed by atoms with van der Waals surface area (Å²) in [5.74, 6) is 0.0554. The predicted molar refractivity (Wildman–Crippen MR) is 73.2 cm³/mol. The molecular formula is C15H9F3N3. The summed E-state index contributed by atoms with van der Waals surface area (Å²) in [5.41, 5.74) is 6.49. The van der Waals surface area contributed by atoms with E-state index in [2.05, 4.69) is 16.0 Å². The van der Waals surface area contributed by atoms with Gasteiger partial charge in [-0.1, -0.05) is 30.3 Å². The summed E-state index contributed by atoms with van der Waals surface area (Å²) < 4.78 is 37.8. The molecule has 3 nitrogen and oxygen atoms in total. The van der Waals surface area contributed by atoms with Crippen molar-refractivity contribution in [2.45, 2.75) is 6.18 Å². The molecule has 0 aliphatic rings. The molecule has 0 atom stereocenters. The van der Waals surface area contributed by atoms with Gasteiger partial charge in [0.1, 0.15) is 0 Å². The zero-order chi connectivity index (χ0) is 15.0. The van der Waals surface area contributed by atoms with Crippen LogP contribution < -0.4 is 5.73 Å². The smallest absolute Gasteiger partial charge is 0.368 e. The molecule has 0 saturated carbocycles. The molecule has 0 unspecified atom stereocenters. The molecular weight excluding hydrogens is 279 g/mol. The first-order valence-corrected chi connectivity index (χ1v) is 6.07. The minimum Gasteiger partial charge on any atom is -0.368 e. The molecule has 2 N–H and O–H groups in total. The summed E-state index contributed by atoms with van der Waals surface area (Å²) in [6.45, 7) is 0. The molecule has 0 amide bonds. The highest BCUT2D eigenvalue weighted by molar-refractivity contribution is 5.92. The van der Waals surface area contributed by atoms with Crippen molar-refractivity contribution in [3.63, 3.8) is 0 Å². The number of anilines is 1. The third-order valence-electron chi connectivity index (χ3n) is 3.03. The van der Waals surface area contributed by atoms with Crippen LogP contribution in [-0.2, 0) is 6.18 Å². The molecule has 6 heteroatoms. The maximum atomic E-state index is 12.6. The van der Waals surface area contributed by atoms with Crippen LogP contribution in [0.3, 0.4) is 0 Å². The van der Waals surface area contributed by atoms with Crippen molar-refractivity contribution in [3.8, 4) is 11.3 Å². The van der Waals surface area contributed by atoms with Gasteiger partial charge in [-0.05, 0) is 12.1 Å². The van der Waals surface area contributed by atoms with Crippen LogP contribution in [0.4, 0.5) is 19.1 Å². The first-order valence-electron chi connectivity index (χ1n) is 6.07. The number of aromatic nitrogens is 2. The van der Waals surface area contributed by atoms with Gasteiger partial charge in [0, 0.05) is 17.0 Å². The van der Waals surface area contributed by atoms with Crippen LogP contribution in [-0.4, -0.2) is 9.97 Å². The monoisotopic (exact) mass is 288 g/mol. The summed E-state index contributed by atoms with van der Waals surface area (Å²) in [6.07, 6.45) is -4.36. The van der Waals surface area contributed by atoms with Gasteiger partial charge in [0.15, 0.2) is 0 Å². The lowest BCUT2D eigenvalue weighted by Crippen LogP contribution is -2.04. The summed E-state index contributed by atoms with van der Waals surface area (Å²) in [6, 6.07) is 12.9. The van der Waals surface area contributed by atoms with Gasteiger partial charge in [-0.3, -0.25) is 0 Å². The Hall–Kier alpha value is -2.63. The zero-order valence-corrected chi connectivity index (χ0v) is 10.6. The standard InChI is InChI=1S/C15H9F3N3/c16-15(17,18)10-7-5-9(6-8-10)13-11-3-1-2-4-12(11)20-14(19)21-13/h1-3,5-8H,(H2,19,20,21). The topological polar surface area (TPSA) is 51.8 Å². The van der Waals surface area contributed by atoms with Gasteiger partial charge >= 0.3 is 6.18 Å². The molecule has 2 aromatic carbocycles. The Labute approximate surface area is 118 Å². The van der Waals surface area contributed by atoms with Gasteiger partial charge in [-0.15, -0.1) is 0 Å². The quantitative estimate of drug-likeness (QED) is 0.743. The highest BCUT2D eigenvalue weighted by Gasteiger charge is 2.30. The van der Waals surface area contributed by atoms with E-state index in [1.807, 2.05) is 0 Å². The van der Waals surface area contributed by atoms with Crippen LogP contribution in [0.1, 0.15) is 5.56 Å². The van der Waals surface area contributed by atoms with Crippen molar-refractivity contribution in [2.75, 3.05) is 5.73 Å². The van der Waals surface area contributed by atoms with Crippen molar-refractivity contribution < 1.29 is 13.2 Å². The Morgan fingerprint density at radius 3 is 2.38 bits per heavy atom. The van der Waals surface area contributed by atoms with Crippen molar-refractivity contribution >= 4 is 16.9 Å². The van der Waals surface area contributed by atoms with E-state index in [4.69, 9.17) is 5.73 Å². The second kappa shape index (κ2) is 4.73. The zero-order valence-electron chi connectivity index (χ0n) is 10.6. The van der Waals surface area contributed by atoms with Gasteiger partial charge < -0.3 is 5.73 Å². The van der Waals surface area contributed by atoms with E-state index in [0.29, 0.717) is 22.2 Å². The van der Waals surface area contributed by atoms with Gasteiger partial charge in [-0.25, -0.2) is 9.97 Å². The predicted octanol–water partition coefficient (Wildman–Crippen LogP) is 3.70. The Morgan fingerprint density at radius 1 is 1.00 bits per heavy atom. The van der Waals surface area contributed by atoms with Crippen molar-refractivity contribution in [3.05, 3.63) is 54.1 Å². The van der Waals surface area contributed by atoms with Gasteiger partial charge in [-0.2, -0.15) is 13.2 Å². The Kier molecular flexibility index (Phi) is 3.01. The van der Waals surface area contributed by atoms with E-state index in [0.717, 1.165) is 12.1 Å². The number of nitrogens with two attached hydrogens (primary N) is 1. The number of benzene rings is 2. The Bertz CT molecular complexity index is 795. The Morgan fingerprint density at radius 2 is 1.71 bits per heavy atom. The molecule has 0 saturated heterocycles. The maximum Gasteiger partial charge on any atom is 0.416 e.